The van der Waals surface area contributed by atoms with E-state index >= 15 is 0 Å². The van der Waals surface area contributed by atoms with Gasteiger partial charge in [-0.2, -0.15) is 0 Å². The molecule has 2 rings (SSSR count). The number of ether oxygens (including phenoxy) is 1. The monoisotopic (exact) mass is 269 g/mol. The minimum Gasteiger partial charge on any atom is -0.381 e. The quantitative estimate of drug-likeness (QED) is 0.873. The number of carbonyl (C=O) groups is 1. The second-order valence-corrected chi connectivity index (χ2v) is 4.68. The third-order valence-corrected chi connectivity index (χ3v) is 3.39. The van der Waals surface area contributed by atoms with Crippen molar-refractivity contribution in [3.63, 3.8) is 0 Å². The summed E-state index contributed by atoms with van der Waals surface area (Å²) in [4.78, 5) is 16.2. The van der Waals surface area contributed by atoms with Crippen LogP contribution < -0.4 is 10.6 Å². The van der Waals surface area contributed by atoms with Crippen LogP contribution in [-0.2, 0) is 4.74 Å². The van der Waals surface area contributed by atoms with Crippen molar-refractivity contribution in [3.05, 3.63) is 22.8 Å². The molecule has 1 aromatic rings. The first-order valence-electron chi connectivity index (χ1n) is 5.82. The molecule has 0 radical (unpaired) electrons. The Bertz CT molecular complexity index is 447. The van der Waals surface area contributed by atoms with Crippen molar-refractivity contribution in [2.75, 3.05) is 19.5 Å². The van der Waals surface area contributed by atoms with Gasteiger partial charge >= 0.3 is 0 Å². The Morgan fingerprint density at radius 1 is 1.50 bits per heavy atom. The zero-order valence-corrected chi connectivity index (χ0v) is 11.1. The number of carbonyl (C=O) groups excluding carboxylic acids is 1. The number of hydrogen-bond acceptors (Lipinski definition) is 4. The van der Waals surface area contributed by atoms with Crippen LogP contribution in [0.3, 0.4) is 0 Å². The molecule has 5 nitrogen and oxygen atoms in total. The third-order valence-electron chi connectivity index (χ3n) is 3.08. The van der Waals surface area contributed by atoms with Gasteiger partial charge in [-0.15, -0.1) is 0 Å². The van der Waals surface area contributed by atoms with Crippen molar-refractivity contribution in [1.82, 2.24) is 10.3 Å². The van der Waals surface area contributed by atoms with E-state index in [1.807, 2.05) is 0 Å². The first kappa shape index (κ1) is 13.1. The molecule has 2 N–H and O–H groups in total. The number of aromatic nitrogens is 1. The number of hydrogen-bond donors (Lipinski definition) is 2. The molecule has 1 saturated carbocycles. The highest BCUT2D eigenvalue weighted by molar-refractivity contribution is 6.33. The zero-order valence-electron chi connectivity index (χ0n) is 10.4. The van der Waals surface area contributed by atoms with E-state index in [1.165, 1.54) is 0 Å². The lowest BCUT2D eigenvalue weighted by molar-refractivity contribution is 0.0175. The van der Waals surface area contributed by atoms with E-state index in [0.717, 1.165) is 12.8 Å². The molecule has 0 aliphatic heterocycles. The molecule has 18 heavy (non-hydrogen) atoms. The van der Waals surface area contributed by atoms with E-state index in [9.17, 15) is 4.79 Å². The molecule has 1 amide bonds. The van der Waals surface area contributed by atoms with Crippen LogP contribution in [0.5, 0.6) is 0 Å². The second-order valence-electron chi connectivity index (χ2n) is 4.28. The third kappa shape index (κ3) is 2.73. The van der Waals surface area contributed by atoms with Crippen LogP contribution in [0, 0.1) is 0 Å². The van der Waals surface area contributed by atoms with E-state index in [1.54, 1.807) is 26.3 Å². The number of rotatable bonds is 4. The van der Waals surface area contributed by atoms with Gasteiger partial charge in [0.2, 0.25) is 0 Å². The molecule has 0 unspecified atom stereocenters. The van der Waals surface area contributed by atoms with Crippen LogP contribution in [0.4, 0.5) is 5.82 Å². The first-order chi connectivity index (χ1) is 8.63. The fourth-order valence-electron chi connectivity index (χ4n) is 1.87. The van der Waals surface area contributed by atoms with Crippen LogP contribution >= 0.6 is 11.6 Å². The molecule has 1 aliphatic carbocycles. The van der Waals surface area contributed by atoms with Crippen LogP contribution in [0.25, 0.3) is 0 Å². The highest BCUT2D eigenvalue weighted by Gasteiger charge is 2.31. The van der Waals surface area contributed by atoms with E-state index < -0.39 is 0 Å². The summed E-state index contributed by atoms with van der Waals surface area (Å²) in [6, 6.07) is 3.54. The standard InChI is InChI=1S/C12H16ClN3O2/c1-14-10-4-3-9(13)11(16-10)12(17)15-7-5-8(6-7)18-2/h3-4,7-8H,5-6H2,1-2H3,(H,14,16)(H,15,17). The van der Waals surface area contributed by atoms with E-state index in [4.69, 9.17) is 16.3 Å². The Labute approximate surface area is 111 Å². The Balaban J connectivity index is 2.00. The molecule has 0 aromatic carbocycles. The maximum atomic E-state index is 12.0. The molecule has 0 spiro atoms. The molecule has 0 saturated heterocycles. The zero-order chi connectivity index (χ0) is 13.1. The summed E-state index contributed by atoms with van der Waals surface area (Å²) in [5.74, 6) is 0.379. The summed E-state index contributed by atoms with van der Waals surface area (Å²) in [5, 5.41) is 6.13. The van der Waals surface area contributed by atoms with Crippen molar-refractivity contribution in [2.45, 2.75) is 25.0 Å². The van der Waals surface area contributed by atoms with Gasteiger partial charge < -0.3 is 15.4 Å². The van der Waals surface area contributed by atoms with E-state index in [-0.39, 0.29) is 23.7 Å². The number of pyridine rings is 1. The lowest BCUT2D eigenvalue weighted by Gasteiger charge is -2.34. The highest BCUT2D eigenvalue weighted by Crippen LogP contribution is 2.23. The minimum atomic E-state index is -0.239. The molecular weight excluding hydrogens is 254 g/mol. The van der Waals surface area contributed by atoms with Crippen molar-refractivity contribution < 1.29 is 9.53 Å². The maximum Gasteiger partial charge on any atom is 0.271 e. The smallest absolute Gasteiger partial charge is 0.271 e. The lowest BCUT2D eigenvalue weighted by Crippen LogP contribution is -2.47. The number of amides is 1. The van der Waals surface area contributed by atoms with Crippen LogP contribution in [0.2, 0.25) is 5.02 Å². The summed E-state index contributed by atoms with van der Waals surface area (Å²) in [7, 11) is 3.42. The van der Waals surface area contributed by atoms with Crippen molar-refractivity contribution in [2.24, 2.45) is 0 Å². The topological polar surface area (TPSA) is 63.2 Å². The Kier molecular flexibility index (Phi) is 4.04. The molecular formula is C12H16ClN3O2. The van der Waals surface area contributed by atoms with Gasteiger partial charge in [-0.25, -0.2) is 4.98 Å². The van der Waals surface area contributed by atoms with E-state index in [0.29, 0.717) is 10.8 Å². The van der Waals surface area contributed by atoms with Gasteiger partial charge in [0, 0.05) is 20.2 Å². The number of nitrogens with zero attached hydrogens (tertiary/aromatic N) is 1. The summed E-state index contributed by atoms with van der Waals surface area (Å²) in [6.07, 6.45) is 1.93. The van der Waals surface area contributed by atoms with Gasteiger partial charge in [-0.05, 0) is 25.0 Å². The fourth-order valence-corrected chi connectivity index (χ4v) is 2.06. The van der Waals surface area contributed by atoms with Gasteiger partial charge in [0.25, 0.3) is 5.91 Å². The molecule has 0 atom stereocenters. The number of methoxy groups -OCH3 is 1. The average molecular weight is 270 g/mol. The normalized spacial score (nSPS) is 22.2. The first-order valence-corrected chi connectivity index (χ1v) is 6.19. The predicted octanol–water partition coefficient (Wildman–Crippen LogP) is 1.68. The van der Waals surface area contributed by atoms with Crippen molar-refractivity contribution in [3.8, 4) is 0 Å². The Morgan fingerprint density at radius 2 is 2.22 bits per heavy atom. The maximum absolute atomic E-state index is 12.0. The van der Waals surface area contributed by atoms with Crippen molar-refractivity contribution >= 4 is 23.3 Å². The van der Waals surface area contributed by atoms with Gasteiger partial charge in [-0.1, -0.05) is 11.6 Å². The van der Waals surface area contributed by atoms with Crippen molar-refractivity contribution in [1.29, 1.82) is 0 Å². The second kappa shape index (κ2) is 5.54. The van der Waals surface area contributed by atoms with Gasteiger partial charge in [0.15, 0.2) is 0 Å². The highest BCUT2D eigenvalue weighted by atomic mass is 35.5. The molecule has 0 bridgehead atoms. The minimum absolute atomic E-state index is 0.151. The molecule has 6 heteroatoms. The largest absolute Gasteiger partial charge is 0.381 e. The Morgan fingerprint density at radius 3 is 2.83 bits per heavy atom. The van der Waals surface area contributed by atoms with Crippen LogP contribution in [-0.4, -0.2) is 37.2 Å². The summed E-state index contributed by atoms with van der Waals surface area (Å²) in [6.45, 7) is 0. The SMILES string of the molecule is CNc1ccc(Cl)c(C(=O)NC2CC(OC)C2)n1. The van der Waals surface area contributed by atoms with Gasteiger partial charge in [0.1, 0.15) is 11.5 Å². The molecule has 98 valence electrons. The average Bonchev–Trinajstić information content (AvgIpc) is 2.33. The molecule has 1 fully saturated rings. The van der Waals surface area contributed by atoms with Crippen LogP contribution in [0.15, 0.2) is 12.1 Å². The number of halogens is 1. The summed E-state index contributed by atoms with van der Waals surface area (Å²) < 4.78 is 5.16. The van der Waals surface area contributed by atoms with Gasteiger partial charge in [0.05, 0.1) is 11.1 Å². The lowest BCUT2D eigenvalue weighted by atomic mass is 9.89. The predicted molar refractivity (Wildman–Crippen MR) is 70.1 cm³/mol. The molecule has 1 aliphatic rings. The fraction of sp³-hybridized carbons (Fsp3) is 0.500. The van der Waals surface area contributed by atoms with E-state index in [2.05, 4.69) is 15.6 Å². The number of anilines is 1. The Hall–Kier alpha value is -1.33. The molecule has 1 aromatic heterocycles. The van der Waals surface area contributed by atoms with Gasteiger partial charge in [-0.3, -0.25) is 4.79 Å². The summed E-state index contributed by atoms with van der Waals surface area (Å²) >= 11 is 5.97. The number of nitrogens with one attached hydrogen (secondary N) is 2. The summed E-state index contributed by atoms with van der Waals surface area (Å²) in [5.41, 5.74) is 0.254. The molecule has 1 heterocycles. The van der Waals surface area contributed by atoms with Crippen LogP contribution in [0.1, 0.15) is 23.3 Å².